The molecule has 0 nitrogen and oxygen atoms in total. The molecule has 0 aromatic rings. The van der Waals surface area contributed by atoms with Crippen molar-refractivity contribution in [2.24, 2.45) is 28.1 Å². The molecule has 0 unspecified atom stereocenters. The average molecular weight is 206 g/mol. The van der Waals surface area contributed by atoms with Crippen LogP contribution in [0.3, 0.4) is 0 Å². The zero-order valence-corrected chi connectivity index (χ0v) is 11.2. The first-order valence-corrected chi connectivity index (χ1v) is 6.34. The molecule has 0 aromatic carbocycles. The normalized spacial score (nSPS) is 40.1. The van der Waals surface area contributed by atoms with Gasteiger partial charge in [0.2, 0.25) is 0 Å². The lowest BCUT2D eigenvalue weighted by molar-refractivity contribution is 0.115. The summed E-state index contributed by atoms with van der Waals surface area (Å²) >= 11 is 0. The summed E-state index contributed by atoms with van der Waals surface area (Å²) in [7, 11) is 0. The van der Waals surface area contributed by atoms with Gasteiger partial charge in [-0.25, -0.2) is 0 Å². The van der Waals surface area contributed by atoms with E-state index in [2.05, 4.69) is 53.7 Å². The fraction of sp³-hybridized carbons (Fsp3) is 0.867. The Kier molecular flexibility index (Phi) is 2.17. The third-order valence-electron chi connectivity index (χ3n) is 4.88. The van der Waals surface area contributed by atoms with Crippen molar-refractivity contribution in [2.45, 2.75) is 54.4 Å². The molecule has 0 N–H and O–H groups in total. The van der Waals surface area contributed by atoms with Crippen molar-refractivity contribution in [3.63, 3.8) is 0 Å². The first-order valence-electron chi connectivity index (χ1n) is 6.34. The zero-order chi connectivity index (χ0) is 11.5. The second kappa shape index (κ2) is 2.90. The second-order valence-corrected chi connectivity index (χ2v) is 7.76. The minimum atomic E-state index is 0.411. The topological polar surface area (TPSA) is 0 Å². The standard InChI is InChI=1S/C15H26/c1-13(2)9-11-12(10-13)15(5,6)8-7-14(11,3)4/h7-8,11-12H,9-10H2,1-6H3/t11-,12-/m0/s1. The minimum absolute atomic E-state index is 0.411. The first-order chi connectivity index (χ1) is 6.64. The SMILES string of the molecule is CC1(C)C[C@H]2[C@H](C1)C(C)(C)C=CC2(C)C. The van der Waals surface area contributed by atoms with Crippen LogP contribution in [0.25, 0.3) is 0 Å². The van der Waals surface area contributed by atoms with Gasteiger partial charge >= 0.3 is 0 Å². The maximum Gasteiger partial charge on any atom is -0.0143 e. The van der Waals surface area contributed by atoms with Gasteiger partial charge in [-0.3, -0.25) is 0 Å². The maximum absolute atomic E-state index is 2.47. The van der Waals surface area contributed by atoms with Crippen LogP contribution in [0, 0.1) is 28.1 Å². The van der Waals surface area contributed by atoms with Crippen LogP contribution in [0.5, 0.6) is 0 Å². The zero-order valence-electron chi connectivity index (χ0n) is 11.2. The van der Waals surface area contributed by atoms with Gasteiger partial charge in [-0.1, -0.05) is 53.7 Å². The van der Waals surface area contributed by atoms with E-state index in [0.717, 1.165) is 11.8 Å². The molecule has 2 atom stereocenters. The van der Waals surface area contributed by atoms with E-state index >= 15 is 0 Å². The summed E-state index contributed by atoms with van der Waals surface area (Å²) < 4.78 is 0. The van der Waals surface area contributed by atoms with Crippen LogP contribution in [-0.2, 0) is 0 Å². The molecule has 0 heteroatoms. The van der Waals surface area contributed by atoms with Crippen LogP contribution in [0.1, 0.15) is 54.4 Å². The van der Waals surface area contributed by atoms with Crippen molar-refractivity contribution in [1.82, 2.24) is 0 Å². The quantitative estimate of drug-likeness (QED) is 0.506. The molecule has 1 saturated carbocycles. The molecule has 0 radical (unpaired) electrons. The average Bonchev–Trinajstić information content (AvgIpc) is 2.38. The third kappa shape index (κ3) is 1.77. The van der Waals surface area contributed by atoms with Gasteiger partial charge in [0.05, 0.1) is 0 Å². The van der Waals surface area contributed by atoms with Crippen molar-refractivity contribution in [1.29, 1.82) is 0 Å². The van der Waals surface area contributed by atoms with E-state index in [1.807, 2.05) is 0 Å². The summed E-state index contributed by atoms with van der Waals surface area (Å²) in [6.07, 6.45) is 7.74. The molecule has 2 aliphatic carbocycles. The van der Waals surface area contributed by atoms with Gasteiger partial charge < -0.3 is 0 Å². The van der Waals surface area contributed by atoms with Crippen molar-refractivity contribution in [2.75, 3.05) is 0 Å². The van der Waals surface area contributed by atoms with Crippen LogP contribution in [0.15, 0.2) is 12.2 Å². The molecule has 2 rings (SSSR count). The van der Waals surface area contributed by atoms with Crippen molar-refractivity contribution < 1.29 is 0 Å². The summed E-state index contributed by atoms with van der Waals surface area (Å²) in [6, 6.07) is 0. The van der Waals surface area contributed by atoms with Gasteiger partial charge in [0.25, 0.3) is 0 Å². The molecule has 0 amide bonds. The molecule has 0 aliphatic heterocycles. The van der Waals surface area contributed by atoms with Crippen LogP contribution >= 0.6 is 0 Å². The van der Waals surface area contributed by atoms with Gasteiger partial charge in [0.15, 0.2) is 0 Å². The predicted octanol–water partition coefficient (Wildman–Crippen LogP) is 4.66. The highest BCUT2D eigenvalue weighted by Crippen LogP contribution is 2.60. The monoisotopic (exact) mass is 206 g/mol. The van der Waals surface area contributed by atoms with Crippen LogP contribution in [0.4, 0.5) is 0 Å². The number of fused-ring (bicyclic) bond motifs is 1. The fourth-order valence-electron chi connectivity index (χ4n) is 3.80. The van der Waals surface area contributed by atoms with Gasteiger partial charge in [0, 0.05) is 0 Å². The fourth-order valence-corrected chi connectivity index (χ4v) is 3.80. The molecule has 1 fully saturated rings. The first kappa shape index (κ1) is 11.2. The summed E-state index contributed by atoms with van der Waals surface area (Å²) in [4.78, 5) is 0. The van der Waals surface area contributed by atoms with Crippen LogP contribution in [0.2, 0.25) is 0 Å². The van der Waals surface area contributed by atoms with Crippen molar-refractivity contribution in [3.8, 4) is 0 Å². The minimum Gasteiger partial charge on any atom is -0.0820 e. The third-order valence-corrected chi connectivity index (χ3v) is 4.88. The number of rotatable bonds is 0. The molecular formula is C15H26. The highest BCUT2D eigenvalue weighted by Gasteiger charge is 2.51. The summed E-state index contributed by atoms with van der Waals surface area (Å²) in [6.45, 7) is 14.5. The lowest BCUT2D eigenvalue weighted by atomic mass is 9.60. The van der Waals surface area contributed by atoms with E-state index in [1.54, 1.807) is 0 Å². The van der Waals surface area contributed by atoms with Crippen LogP contribution < -0.4 is 0 Å². The molecule has 0 aromatic heterocycles. The van der Waals surface area contributed by atoms with Crippen molar-refractivity contribution >= 4 is 0 Å². The Balaban J connectivity index is 2.38. The van der Waals surface area contributed by atoms with Gasteiger partial charge in [0.1, 0.15) is 0 Å². The Morgan fingerprint density at radius 3 is 1.40 bits per heavy atom. The highest BCUT2D eigenvalue weighted by atomic mass is 14.6. The lowest BCUT2D eigenvalue weighted by Crippen LogP contribution is -2.37. The van der Waals surface area contributed by atoms with Crippen molar-refractivity contribution in [3.05, 3.63) is 12.2 Å². The molecular weight excluding hydrogens is 180 g/mol. The molecule has 0 bridgehead atoms. The summed E-state index contributed by atoms with van der Waals surface area (Å²) in [5.41, 5.74) is 1.37. The number of hydrogen-bond acceptors (Lipinski definition) is 0. The molecule has 0 saturated heterocycles. The maximum atomic E-state index is 2.47. The summed E-state index contributed by atoms with van der Waals surface area (Å²) in [5.74, 6) is 1.76. The lowest BCUT2D eigenvalue weighted by Gasteiger charge is -2.45. The molecule has 0 heterocycles. The van der Waals surface area contributed by atoms with Crippen LogP contribution in [-0.4, -0.2) is 0 Å². The van der Waals surface area contributed by atoms with Gasteiger partial charge in [-0.15, -0.1) is 0 Å². The molecule has 86 valence electrons. The van der Waals surface area contributed by atoms with E-state index in [-0.39, 0.29) is 0 Å². The smallest absolute Gasteiger partial charge is 0.0143 e. The Labute approximate surface area is 95.1 Å². The number of allylic oxidation sites excluding steroid dienone is 2. The molecule has 2 aliphatic rings. The number of hydrogen-bond donors (Lipinski definition) is 0. The Morgan fingerprint density at radius 2 is 1.07 bits per heavy atom. The summed E-state index contributed by atoms with van der Waals surface area (Å²) in [5, 5.41) is 0. The highest BCUT2D eigenvalue weighted by molar-refractivity contribution is 5.16. The molecule has 15 heavy (non-hydrogen) atoms. The van der Waals surface area contributed by atoms with E-state index in [0.29, 0.717) is 16.2 Å². The van der Waals surface area contributed by atoms with E-state index in [9.17, 15) is 0 Å². The Bertz CT molecular complexity index is 263. The predicted molar refractivity (Wildman–Crippen MR) is 66.7 cm³/mol. The van der Waals surface area contributed by atoms with E-state index in [1.165, 1.54) is 12.8 Å². The van der Waals surface area contributed by atoms with Gasteiger partial charge in [-0.2, -0.15) is 0 Å². The molecule has 0 spiro atoms. The van der Waals surface area contributed by atoms with Gasteiger partial charge in [-0.05, 0) is 40.9 Å². The largest absolute Gasteiger partial charge is 0.0820 e. The second-order valence-electron chi connectivity index (χ2n) is 7.76. The Morgan fingerprint density at radius 1 is 0.733 bits per heavy atom. The van der Waals surface area contributed by atoms with E-state index < -0.39 is 0 Å². The van der Waals surface area contributed by atoms with E-state index in [4.69, 9.17) is 0 Å². The Hall–Kier alpha value is -0.260.